The van der Waals surface area contributed by atoms with Crippen molar-refractivity contribution in [2.45, 2.75) is 56.1 Å². The van der Waals surface area contributed by atoms with E-state index >= 15 is 0 Å². The topological polar surface area (TPSA) is 104 Å². The fourth-order valence-electron chi connectivity index (χ4n) is 3.65. The van der Waals surface area contributed by atoms with E-state index in [0.29, 0.717) is 12.8 Å². The molecule has 3 rings (SSSR count). The highest BCUT2D eigenvalue weighted by molar-refractivity contribution is 14.1. The lowest BCUT2D eigenvalue weighted by Crippen LogP contribution is -2.55. The smallest absolute Gasteiger partial charge is 0.326 e. The van der Waals surface area contributed by atoms with E-state index in [2.05, 4.69) is 27.9 Å². The van der Waals surface area contributed by atoms with Gasteiger partial charge < -0.3 is 10.4 Å². The number of carbonyl (C=O) groups is 2. The highest BCUT2D eigenvalue weighted by Gasteiger charge is 2.40. The van der Waals surface area contributed by atoms with Crippen LogP contribution in [0.3, 0.4) is 0 Å². The number of unbranched alkanes of at least 4 members (excludes halogenated alkanes) is 1. The van der Waals surface area contributed by atoms with E-state index in [0.717, 1.165) is 21.1 Å². The van der Waals surface area contributed by atoms with E-state index in [-0.39, 0.29) is 17.9 Å². The van der Waals surface area contributed by atoms with Crippen LogP contribution in [0.1, 0.15) is 37.3 Å². The zero-order valence-corrected chi connectivity index (χ0v) is 20.1. The molecule has 0 saturated carbocycles. The molecule has 2 aromatic carbocycles. The Hall–Kier alpha value is -1.98. The summed E-state index contributed by atoms with van der Waals surface area (Å²) < 4.78 is 29.0. The molecule has 1 unspecified atom stereocenters. The molecule has 0 aliphatic carbocycles. The zero-order chi connectivity index (χ0) is 22.6. The molecule has 1 heterocycles. The lowest BCUT2D eigenvalue weighted by molar-refractivity contribution is -0.142. The van der Waals surface area contributed by atoms with Gasteiger partial charge in [0.15, 0.2) is 0 Å². The van der Waals surface area contributed by atoms with Crippen LogP contribution in [0.4, 0.5) is 0 Å². The van der Waals surface area contributed by atoms with Crippen LogP contribution in [0.5, 0.6) is 0 Å². The number of rotatable bonds is 8. The number of nitrogens with zero attached hydrogens (tertiary/aromatic N) is 1. The quantitative estimate of drug-likeness (QED) is 0.487. The number of fused-ring (bicyclic) bond motifs is 1. The van der Waals surface area contributed by atoms with Crippen LogP contribution >= 0.6 is 22.6 Å². The number of aliphatic carboxylic acids is 1. The Morgan fingerprint density at radius 3 is 2.42 bits per heavy atom. The number of nitrogens with one attached hydrogen (secondary N) is 1. The van der Waals surface area contributed by atoms with E-state index in [1.54, 1.807) is 12.1 Å². The van der Waals surface area contributed by atoms with Crippen molar-refractivity contribution in [1.82, 2.24) is 9.62 Å². The Labute approximate surface area is 196 Å². The number of amides is 1. The number of carboxylic acids is 1. The van der Waals surface area contributed by atoms with Gasteiger partial charge in [0, 0.05) is 10.1 Å². The zero-order valence-electron chi connectivity index (χ0n) is 17.1. The third kappa shape index (κ3) is 5.45. The molecule has 0 aromatic heterocycles. The van der Waals surface area contributed by atoms with E-state index in [9.17, 15) is 23.1 Å². The highest BCUT2D eigenvalue weighted by Crippen LogP contribution is 2.29. The molecule has 1 aliphatic heterocycles. The van der Waals surface area contributed by atoms with Gasteiger partial charge in [0.2, 0.25) is 15.9 Å². The molecule has 31 heavy (non-hydrogen) atoms. The first-order valence-corrected chi connectivity index (χ1v) is 12.6. The summed E-state index contributed by atoms with van der Waals surface area (Å²) in [5, 5.41) is 12.1. The maximum atomic E-state index is 13.4. The summed E-state index contributed by atoms with van der Waals surface area (Å²) in [4.78, 5) is 24.9. The molecule has 2 atom stereocenters. The van der Waals surface area contributed by atoms with Gasteiger partial charge in [-0.3, -0.25) is 4.79 Å². The summed E-state index contributed by atoms with van der Waals surface area (Å²) in [6.45, 7) is 1.99. The number of halogens is 1. The maximum Gasteiger partial charge on any atom is 0.326 e. The largest absolute Gasteiger partial charge is 0.480 e. The predicted molar refractivity (Wildman–Crippen MR) is 125 cm³/mol. The summed E-state index contributed by atoms with van der Waals surface area (Å²) in [6, 6.07) is 11.8. The molecular formula is C22H25IN2O5S. The maximum absolute atomic E-state index is 13.4. The fourth-order valence-corrected chi connectivity index (χ4v) is 5.58. The standard InChI is InChI=1S/C22H25IN2O5S/c1-2-3-8-19(22(27)28)24-21(26)20-13-15-6-4-5-7-16(15)14-25(20)31(29,30)18-11-9-17(23)10-12-18/h4-7,9-12,19-20H,2-3,8,13-14H2,1H3,(H,24,26)(H,27,28)/t19?,20-/m0/s1. The summed E-state index contributed by atoms with van der Waals surface area (Å²) in [5.41, 5.74) is 1.72. The first-order valence-electron chi connectivity index (χ1n) is 10.1. The van der Waals surface area contributed by atoms with E-state index in [1.165, 1.54) is 16.4 Å². The van der Waals surface area contributed by atoms with Crippen molar-refractivity contribution in [2.24, 2.45) is 0 Å². The van der Waals surface area contributed by atoms with Crippen molar-refractivity contribution in [1.29, 1.82) is 0 Å². The first-order chi connectivity index (χ1) is 14.7. The molecule has 2 aromatic rings. The normalized spacial score (nSPS) is 17.5. The lowest BCUT2D eigenvalue weighted by Gasteiger charge is -2.35. The second-order valence-electron chi connectivity index (χ2n) is 7.53. The fraction of sp³-hybridized carbons (Fsp3) is 0.364. The molecule has 1 aliphatic rings. The van der Waals surface area contributed by atoms with Crippen LogP contribution in [0.25, 0.3) is 0 Å². The van der Waals surface area contributed by atoms with Gasteiger partial charge in [-0.05, 0) is 70.8 Å². The van der Waals surface area contributed by atoms with Gasteiger partial charge in [-0.1, -0.05) is 44.0 Å². The van der Waals surface area contributed by atoms with Gasteiger partial charge in [-0.25, -0.2) is 13.2 Å². The predicted octanol–water partition coefficient (Wildman–Crippen LogP) is 3.17. The monoisotopic (exact) mass is 556 g/mol. The Kier molecular flexibility index (Phi) is 7.71. The van der Waals surface area contributed by atoms with Crippen LogP contribution in [-0.2, 0) is 32.6 Å². The Morgan fingerprint density at radius 2 is 1.81 bits per heavy atom. The van der Waals surface area contributed by atoms with Gasteiger partial charge >= 0.3 is 5.97 Å². The number of hydrogen-bond acceptors (Lipinski definition) is 4. The Bertz CT molecular complexity index is 1060. The second kappa shape index (κ2) is 10.1. The minimum atomic E-state index is -3.97. The minimum Gasteiger partial charge on any atom is -0.480 e. The average Bonchev–Trinajstić information content (AvgIpc) is 2.75. The summed E-state index contributed by atoms with van der Waals surface area (Å²) >= 11 is 2.10. The number of carboxylic acid groups (broad SMARTS) is 1. The molecule has 0 bridgehead atoms. The van der Waals surface area contributed by atoms with E-state index in [4.69, 9.17) is 0 Å². The molecule has 7 nitrogen and oxygen atoms in total. The summed E-state index contributed by atoms with van der Waals surface area (Å²) in [7, 11) is -3.97. The van der Waals surface area contributed by atoms with E-state index < -0.39 is 34.0 Å². The summed E-state index contributed by atoms with van der Waals surface area (Å²) in [5.74, 6) is -1.71. The number of carbonyl (C=O) groups excluding carboxylic acids is 1. The minimum absolute atomic E-state index is 0.0509. The van der Waals surface area contributed by atoms with E-state index in [1.807, 2.05) is 31.2 Å². The van der Waals surface area contributed by atoms with Crippen LogP contribution in [0, 0.1) is 3.57 Å². The molecule has 9 heteroatoms. The van der Waals surface area contributed by atoms with Gasteiger partial charge in [0.05, 0.1) is 4.90 Å². The van der Waals surface area contributed by atoms with Gasteiger partial charge in [-0.15, -0.1) is 0 Å². The molecule has 1 amide bonds. The van der Waals surface area contributed by atoms with Crippen LogP contribution < -0.4 is 5.32 Å². The molecule has 166 valence electrons. The first kappa shape index (κ1) is 23.7. The van der Waals surface area contributed by atoms with Crippen molar-refractivity contribution in [2.75, 3.05) is 0 Å². The molecule has 0 fully saturated rings. The van der Waals surface area contributed by atoms with Crippen molar-refractivity contribution in [3.63, 3.8) is 0 Å². The summed E-state index contributed by atoms with van der Waals surface area (Å²) in [6.07, 6.45) is 1.93. The second-order valence-corrected chi connectivity index (χ2v) is 10.7. The van der Waals surface area contributed by atoms with Gasteiger partial charge in [0.25, 0.3) is 0 Å². The molecule has 0 saturated heterocycles. The van der Waals surface area contributed by atoms with Crippen molar-refractivity contribution in [3.8, 4) is 0 Å². The highest BCUT2D eigenvalue weighted by atomic mass is 127. The Morgan fingerprint density at radius 1 is 1.16 bits per heavy atom. The number of hydrogen-bond donors (Lipinski definition) is 2. The van der Waals surface area contributed by atoms with Crippen LogP contribution in [-0.4, -0.2) is 41.8 Å². The molecular weight excluding hydrogens is 531 g/mol. The third-order valence-electron chi connectivity index (χ3n) is 5.39. The van der Waals surface area contributed by atoms with Gasteiger partial charge in [-0.2, -0.15) is 4.31 Å². The average molecular weight is 556 g/mol. The van der Waals surface area contributed by atoms with Crippen LogP contribution in [0.2, 0.25) is 0 Å². The molecule has 0 spiro atoms. The SMILES string of the molecule is CCCCC(NC(=O)[C@@H]1Cc2ccccc2CN1S(=O)(=O)c1ccc(I)cc1)C(=O)O. The van der Waals surface area contributed by atoms with Crippen molar-refractivity contribution < 1.29 is 23.1 Å². The van der Waals surface area contributed by atoms with Crippen molar-refractivity contribution in [3.05, 3.63) is 63.2 Å². The number of benzene rings is 2. The third-order valence-corrected chi connectivity index (χ3v) is 7.98. The Balaban J connectivity index is 1.95. The molecule has 2 N–H and O–H groups in total. The van der Waals surface area contributed by atoms with Crippen molar-refractivity contribution >= 4 is 44.5 Å². The van der Waals surface area contributed by atoms with Gasteiger partial charge in [0.1, 0.15) is 12.1 Å². The van der Waals surface area contributed by atoms with Crippen LogP contribution in [0.15, 0.2) is 53.4 Å². The number of sulfonamides is 1. The molecule has 0 radical (unpaired) electrons. The lowest BCUT2D eigenvalue weighted by atomic mass is 9.95.